The second-order valence-corrected chi connectivity index (χ2v) is 11.5. The second kappa shape index (κ2) is 13.3. The van der Waals surface area contributed by atoms with Crippen LogP contribution in [0.5, 0.6) is 17.2 Å². The number of anilines is 1. The number of methoxy groups -OCH3 is 2. The molecule has 0 unspecified atom stereocenters. The van der Waals surface area contributed by atoms with Crippen molar-refractivity contribution >= 4 is 29.0 Å². The molecule has 232 valence electrons. The third-order valence-electron chi connectivity index (χ3n) is 7.52. The zero-order chi connectivity index (χ0) is 32.2. The lowest BCUT2D eigenvalue weighted by molar-refractivity contribution is -0.113. The molecule has 10 heteroatoms. The molecule has 1 aromatic heterocycles. The number of allylic oxidation sites excluding steroid dienone is 1. The van der Waals surface area contributed by atoms with E-state index in [4.69, 9.17) is 19.2 Å². The number of hydrogen-bond donors (Lipinski definition) is 1. The predicted molar refractivity (Wildman–Crippen MR) is 176 cm³/mol. The average Bonchev–Trinajstić information content (AvgIpc) is 3.38. The van der Waals surface area contributed by atoms with Crippen LogP contribution in [0, 0.1) is 5.82 Å². The van der Waals surface area contributed by atoms with E-state index in [1.807, 2.05) is 54.6 Å². The number of benzene rings is 4. The van der Waals surface area contributed by atoms with Gasteiger partial charge in [-0.2, -0.15) is 0 Å². The minimum absolute atomic E-state index is 0.164. The number of hydrogen-bond acceptors (Lipinski definition) is 7. The first-order chi connectivity index (χ1) is 22.4. The Hall–Kier alpha value is -5.48. The first-order valence-electron chi connectivity index (χ1n) is 14.4. The van der Waals surface area contributed by atoms with Crippen molar-refractivity contribution in [3.63, 3.8) is 0 Å². The van der Waals surface area contributed by atoms with Gasteiger partial charge in [0.25, 0.3) is 11.5 Å². The number of thiazole rings is 1. The lowest BCUT2D eigenvalue weighted by atomic mass is 9.95. The number of nitrogens with one attached hydrogen (secondary N) is 1. The molecule has 1 aliphatic rings. The summed E-state index contributed by atoms with van der Waals surface area (Å²) in [4.78, 5) is 33.3. The minimum Gasteiger partial charge on any atom is -0.497 e. The molecule has 0 aliphatic carbocycles. The molecule has 1 atom stereocenters. The normalized spacial score (nSPS) is 14.3. The van der Waals surface area contributed by atoms with Gasteiger partial charge >= 0.3 is 0 Å². The van der Waals surface area contributed by atoms with Gasteiger partial charge in [-0.15, -0.1) is 0 Å². The zero-order valence-electron chi connectivity index (χ0n) is 25.3. The summed E-state index contributed by atoms with van der Waals surface area (Å²) in [7, 11) is 3.11. The first kappa shape index (κ1) is 30.5. The van der Waals surface area contributed by atoms with Crippen LogP contribution in [-0.2, 0) is 11.4 Å². The molecule has 0 fully saturated rings. The van der Waals surface area contributed by atoms with Crippen molar-refractivity contribution in [3.8, 4) is 17.2 Å². The summed E-state index contributed by atoms with van der Waals surface area (Å²) < 4.78 is 32.6. The molecule has 8 nitrogen and oxygen atoms in total. The highest BCUT2D eigenvalue weighted by Crippen LogP contribution is 2.34. The number of fused-ring (bicyclic) bond motifs is 1. The van der Waals surface area contributed by atoms with E-state index in [-0.39, 0.29) is 23.9 Å². The number of carbonyl (C=O) groups excluding carboxylic acids is 1. The van der Waals surface area contributed by atoms with Gasteiger partial charge < -0.3 is 19.5 Å². The Morgan fingerprint density at radius 3 is 2.48 bits per heavy atom. The maximum atomic E-state index is 14.3. The summed E-state index contributed by atoms with van der Waals surface area (Å²) in [6.07, 6.45) is 1.73. The molecular formula is C36H30FN3O5S. The number of rotatable bonds is 9. The van der Waals surface area contributed by atoms with Crippen molar-refractivity contribution < 1.29 is 23.4 Å². The van der Waals surface area contributed by atoms with Crippen LogP contribution in [-0.4, -0.2) is 24.7 Å². The largest absolute Gasteiger partial charge is 0.497 e. The van der Waals surface area contributed by atoms with Gasteiger partial charge in [0, 0.05) is 11.3 Å². The number of carbonyl (C=O) groups is 1. The van der Waals surface area contributed by atoms with E-state index in [9.17, 15) is 14.0 Å². The van der Waals surface area contributed by atoms with Crippen LogP contribution >= 0.6 is 11.3 Å². The molecule has 4 aromatic carbocycles. The maximum Gasteiger partial charge on any atom is 0.271 e. The summed E-state index contributed by atoms with van der Waals surface area (Å²) in [6, 6.07) is 27.1. The van der Waals surface area contributed by atoms with Crippen LogP contribution in [0.3, 0.4) is 0 Å². The molecule has 6 rings (SSSR count). The standard InChI is InChI=1S/C36H30FN3O5S/c1-22-31(34(41)39-27-11-5-4-6-12-27)32(24-9-7-13-28(19-24)43-2)40-35(42)30(46-36(40)38-22)20-25-10-8-14-29(44-3)33(25)45-21-23-15-17-26(37)18-16-23/h4-20,32H,21H2,1-3H3,(H,39,41)/b30-20-/t32-/m1/s1. The molecule has 0 saturated heterocycles. The van der Waals surface area contributed by atoms with Crippen LogP contribution < -0.4 is 34.4 Å². The van der Waals surface area contributed by atoms with Crippen LogP contribution in [0.2, 0.25) is 0 Å². The number of halogens is 1. The van der Waals surface area contributed by atoms with E-state index in [0.717, 1.165) is 5.56 Å². The van der Waals surface area contributed by atoms with Gasteiger partial charge in [0.15, 0.2) is 16.3 Å². The molecule has 1 N–H and O–H groups in total. The summed E-state index contributed by atoms with van der Waals surface area (Å²) >= 11 is 1.22. The summed E-state index contributed by atoms with van der Waals surface area (Å²) in [5.41, 5.74) is 3.24. The third kappa shape index (κ3) is 6.20. The van der Waals surface area contributed by atoms with Crippen LogP contribution in [0.25, 0.3) is 6.08 Å². The molecule has 2 heterocycles. The fraction of sp³-hybridized carbons (Fsp3) is 0.139. The van der Waals surface area contributed by atoms with Crippen LogP contribution in [0.1, 0.15) is 29.7 Å². The molecule has 46 heavy (non-hydrogen) atoms. The Labute approximate surface area is 268 Å². The van der Waals surface area contributed by atoms with Gasteiger partial charge in [-0.1, -0.05) is 65.9 Å². The number of para-hydroxylation sites is 2. The lowest BCUT2D eigenvalue weighted by Crippen LogP contribution is -2.40. The Balaban J connectivity index is 1.46. The van der Waals surface area contributed by atoms with Crippen LogP contribution in [0.4, 0.5) is 10.1 Å². The predicted octanol–water partition coefficient (Wildman–Crippen LogP) is 5.61. The Morgan fingerprint density at radius 1 is 0.978 bits per heavy atom. The SMILES string of the molecule is COc1cccc([C@@H]2C(C(=O)Nc3ccccc3)=C(C)N=c3s/c(=C\c4cccc(OC)c4OCc4ccc(F)cc4)c(=O)n32)c1. The minimum atomic E-state index is -0.767. The smallest absolute Gasteiger partial charge is 0.271 e. The topological polar surface area (TPSA) is 91.2 Å². The molecule has 0 bridgehead atoms. The number of aromatic nitrogens is 1. The zero-order valence-corrected chi connectivity index (χ0v) is 26.1. The fourth-order valence-electron chi connectivity index (χ4n) is 5.30. The fourth-order valence-corrected chi connectivity index (χ4v) is 6.34. The van der Waals surface area contributed by atoms with Crippen molar-refractivity contribution in [2.45, 2.75) is 19.6 Å². The molecule has 0 spiro atoms. The van der Waals surface area contributed by atoms with Crippen LogP contribution in [0.15, 0.2) is 118 Å². The average molecular weight is 636 g/mol. The van der Waals surface area contributed by atoms with Gasteiger partial charge in [-0.05, 0) is 66.6 Å². The molecular weight excluding hydrogens is 605 g/mol. The molecule has 0 saturated carbocycles. The highest BCUT2D eigenvalue weighted by Gasteiger charge is 2.33. The van der Waals surface area contributed by atoms with E-state index >= 15 is 0 Å². The van der Waals surface area contributed by atoms with Gasteiger partial charge in [-0.25, -0.2) is 9.38 Å². The van der Waals surface area contributed by atoms with E-state index in [1.165, 1.54) is 30.6 Å². The highest BCUT2D eigenvalue weighted by molar-refractivity contribution is 7.07. The number of nitrogens with zero attached hydrogens (tertiary/aromatic N) is 2. The van der Waals surface area contributed by atoms with Gasteiger partial charge in [-0.3, -0.25) is 14.2 Å². The van der Waals surface area contributed by atoms with Crippen molar-refractivity contribution in [2.24, 2.45) is 4.99 Å². The molecule has 5 aromatic rings. The van der Waals surface area contributed by atoms with E-state index in [1.54, 1.807) is 55.0 Å². The highest BCUT2D eigenvalue weighted by atomic mass is 32.1. The molecule has 1 aliphatic heterocycles. The second-order valence-electron chi connectivity index (χ2n) is 10.5. The summed E-state index contributed by atoms with van der Waals surface area (Å²) in [5, 5.41) is 2.96. The number of ether oxygens (including phenoxy) is 3. The first-order valence-corrected chi connectivity index (χ1v) is 15.2. The molecule has 1 amide bonds. The van der Waals surface area contributed by atoms with Crippen molar-refractivity contribution in [1.82, 2.24) is 4.57 Å². The van der Waals surface area contributed by atoms with Gasteiger partial charge in [0.2, 0.25) is 0 Å². The number of amides is 1. The Morgan fingerprint density at radius 2 is 1.74 bits per heavy atom. The Bertz CT molecular complexity index is 2120. The van der Waals surface area contributed by atoms with Crippen molar-refractivity contribution in [2.75, 3.05) is 19.5 Å². The summed E-state index contributed by atoms with van der Waals surface area (Å²) in [6.45, 7) is 1.94. The van der Waals surface area contributed by atoms with E-state index < -0.39 is 6.04 Å². The van der Waals surface area contributed by atoms with Gasteiger partial charge in [0.05, 0.1) is 36.1 Å². The third-order valence-corrected chi connectivity index (χ3v) is 8.50. The van der Waals surface area contributed by atoms with Crippen molar-refractivity contribution in [1.29, 1.82) is 0 Å². The lowest BCUT2D eigenvalue weighted by Gasteiger charge is -2.25. The summed E-state index contributed by atoms with van der Waals surface area (Å²) in [5.74, 6) is 0.813. The molecule has 0 radical (unpaired) electrons. The monoisotopic (exact) mass is 635 g/mol. The van der Waals surface area contributed by atoms with E-state index in [0.29, 0.717) is 54.7 Å². The Kier molecular flexibility index (Phi) is 8.80. The quantitative estimate of drug-likeness (QED) is 0.228. The van der Waals surface area contributed by atoms with Gasteiger partial charge in [0.1, 0.15) is 18.2 Å². The van der Waals surface area contributed by atoms with Crippen molar-refractivity contribution in [3.05, 3.63) is 151 Å². The maximum absolute atomic E-state index is 14.3. The van der Waals surface area contributed by atoms with E-state index in [2.05, 4.69) is 5.32 Å².